The second kappa shape index (κ2) is 26.3. The van der Waals surface area contributed by atoms with Crippen LogP contribution in [0.2, 0.25) is 0 Å². The summed E-state index contributed by atoms with van der Waals surface area (Å²) in [4.78, 5) is 88.5. The smallest absolute Gasteiger partial charge is 0.386 e. The zero-order chi connectivity index (χ0) is 47.7. The maximum Gasteiger partial charge on any atom is 0.481 e. The van der Waals surface area contributed by atoms with Crippen LogP contribution in [0.4, 0.5) is 5.82 Å². The van der Waals surface area contributed by atoms with Crippen LogP contribution in [0, 0.1) is 5.41 Å². The number of hydrogen-bond acceptors (Lipinski definition) is 18. The van der Waals surface area contributed by atoms with Crippen molar-refractivity contribution in [3.8, 4) is 0 Å². The number of rotatable bonds is 30. The van der Waals surface area contributed by atoms with E-state index in [2.05, 4.69) is 69.7 Å². The summed E-state index contributed by atoms with van der Waals surface area (Å²) in [6.45, 7) is 4.36. The molecule has 1 aliphatic heterocycles. The van der Waals surface area contributed by atoms with Crippen LogP contribution in [-0.2, 0) is 50.7 Å². The molecule has 0 spiro atoms. The molecule has 0 aromatic carbocycles. The number of unbranched alkanes of at least 4 members (excludes halogenated alkanes) is 7. The number of halogens is 1. The van der Waals surface area contributed by atoms with Crippen LogP contribution < -0.4 is 16.4 Å². The van der Waals surface area contributed by atoms with Crippen LogP contribution >= 0.6 is 57.8 Å². The fraction of sp³-hybridized carbons (Fsp3) is 0.657. The molecule has 1 saturated heterocycles. The molecule has 0 saturated carbocycles. The minimum Gasteiger partial charge on any atom is -0.386 e. The molecule has 24 nitrogen and oxygen atoms in total. The number of anilines is 1. The van der Waals surface area contributed by atoms with E-state index < -0.39 is 84.6 Å². The summed E-state index contributed by atoms with van der Waals surface area (Å²) in [5.41, 5.74) is 4.80. The molecule has 0 aliphatic carbocycles. The van der Waals surface area contributed by atoms with Gasteiger partial charge in [0.25, 0.3) is 0 Å². The molecule has 1 aliphatic rings. The van der Waals surface area contributed by atoms with Gasteiger partial charge in [0.1, 0.15) is 36.3 Å². The number of fused-ring (bicyclic) bond motifs is 1. The quantitative estimate of drug-likeness (QED) is 0.0233. The molecule has 2 aromatic heterocycles. The Balaban J connectivity index is 1.37. The number of aliphatic hydroxyl groups excluding tert-OH is 2. The van der Waals surface area contributed by atoms with Gasteiger partial charge in [0.05, 0.1) is 19.5 Å². The number of aromatic nitrogens is 4. The highest BCUT2D eigenvalue weighted by Gasteiger charge is 2.50. The molecule has 3 rings (SSSR count). The number of thioether (sulfide) groups is 1. The predicted molar refractivity (Wildman–Crippen MR) is 241 cm³/mol. The Morgan fingerprint density at radius 3 is 2.33 bits per heavy atom. The first kappa shape index (κ1) is 56.1. The number of aliphatic hydroxyl groups is 2. The highest BCUT2D eigenvalue weighted by atomic mass is 127. The molecule has 2 aromatic rings. The SMILES string of the molecule is C=C(CCCCCCCCC/C=C/I)C(=O)SCCNC(=O)CCNC(=O)[C@H](O)C(C)(C)COP(=O)(O)OP(=O)(O)OC[C@H]1O[C@@H](n2cnc3c(N)ncnc32)[C@H](O)[C@@H]1OP(=O)(O)O. The van der Waals surface area contributed by atoms with Crippen molar-refractivity contribution in [3.05, 3.63) is 35.0 Å². The van der Waals surface area contributed by atoms with E-state index in [1.54, 1.807) is 0 Å². The minimum atomic E-state index is -5.58. The van der Waals surface area contributed by atoms with Gasteiger partial charge >= 0.3 is 23.5 Å². The minimum absolute atomic E-state index is 0.0304. The Bertz CT molecular complexity index is 2060. The van der Waals surface area contributed by atoms with E-state index in [1.807, 2.05) is 4.08 Å². The zero-order valence-electron chi connectivity index (χ0n) is 35.2. The van der Waals surface area contributed by atoms with Crippen molar-refractivity contribution >= 4 is 91.7 Å². The number of nitrogens with zero attached hydrogens (tertiary/aromatic N) is 4. The molecular weight excluding hydrogens is 1040 g/mol. The summed E-state index contributed by atoms with van der Waals surface area (Å²) in [6, 6.07) is 0. The topological polar surface area (TPSA) is 364 Å². The number of allylic oxidation sites excluding steroid dienone is 1. The number of nitrogen functional groups attached to an aromatic ring is 1. The number of imidazole rings is 1. The fourth-order valence-corrected chi connectivity index (χ4v) is 9.91. The van der Waals surface area contributed by atoms with Crippen molar-refractivity contribution < 1.29 is 80.5 Å². The third-order valence-corrected chi connectivity index (χ3v) is 14.0. The Hall–Kier alpha value is -2.23. The van der Waals surface area contributed by atoms with Crippen molar-refractivity contribution in [2.24, 2.45) is 5.41 Å². The summed E-state index contributed by atoms with van der Waals surface area (Å²) >= 11 is 3.28. The Morgan fingerprint density at radius 1 is 1.00 bits per heavy atom. The number of hydrogen-bond donors (Lipinski definition) is 9. The lowest BCUT2D eigenvalue weighted by molar-refractivity contribution is -0.137. The van der Waals surface area contributed by atoms with E-state index in [9.17, 15) is 57.9 Å². The maximum atomic E-state index is 12.7. The van der Waals surface area contributed by atoms with E-state index in [-0.39, 0.29) is 41.6 Å². The Morgan fingerprint density at radius 2 is 1.66 bits per heavy atom. The second-order valence-electron chi connectivity index (χ2n) is 15.2. The highest BCUT2D eigenvalue weighted by Crippen LogP contribution is 2.61. The summed E-state index contributed by atoms with van der Waals surface area (Å²) in [7, 11) is -16.4. The highest BCUT2D eigenvalue weighted by molar-refractivity contribution is 14.1. The van der Waals surface area contributed by atoms with Gasteiger partial charge in [-0.1, -0.05) is 93.0 Å². The molecule has 362 valence electrons. The molecule has 7 atom stereocenters. The van der Waals surface area contributed by atoms with Crippen molar-refractivity contribution in [1.29, 1.82) is 0 Å². The summed E-state index contributed by atoms with van der Waals surface area (Å²) in [6.07, 6.45) is 4.81. The number of phosphoric ester groups is 3. The molecular formula is C35H57IN7O17P3S. The van der Waals surface area contributed by atoms with Crippen molar-refractivity contribution in [2.45, 2.75) is 109 Å². The number of carbonyl (C=O) groups excluding carboxylic acids is 3. The lowest BCUT2D eigenvalue weighted by Crippen LogP contribution is -2.46. The lowest BCUT2D eigenvalue weighted by atomic mass is 9.87. The maximum absolute atomic E-state index is 12.7. The predicted octanol–water partition coefficient (Wildman–Crippen LogP) is 3.68. The molecule has 2 unspecified atom stereocenters. The third kappa shape index (κ3) is 19.2. The number of nitrogens with two attached hydrogens (primary N) is 1. The van der Waals surface area contributed by atoms with Crippen LogP contribution in [-0.4, -0.2) is 123 Å². The second-order valence-corrected chi connectivity index (χ2v) is 21.2. The number of carbonyl (C=O) groups is 3. The van der Waals surface area contributed by atoms with Gasteiger partial charge in [-0.25, -0.2) is 28.6 Å². The standard InChI is InChI=1S/C35H57IN7O17P3S/c1-23(13-11-9-7-5-4-6-8-10-12-15-36)34(48)64-18-17-38-25(44)14-16-39-32(47)29(46)35(2,3)20-57-63(54,55)60-62(52,53)56-19-24-28(59-61(49,50)51)27(45)33(58-24)43-22-42-26-30(37)40-21-41-31(26)43/h12,15,21-22,24,27-29,33,45-46H,1,4-11,13-14,16-20H2,2-3H3,(H,38,44)(H,39,47)(H,52,53)(H,54,55)(H2,37,40,41)(H2,49,50,51)/b15-12+/t24-,27-,28-,29+,33-/m1/s1. The van der Waals surface area contributed by atoms with Crippen LogP contribution in [0.15, 0.2) is 35.0 Å². The van der Waals surface area contributed by atoms with Crippen molar-refractivity contribution in [3.63, 3.8) is 0 Å². The van der Waals surface area contributed by atoms with E-state index >= 15 is 0 Å². The number of amides is 2. The first-order valence-corrected chi connectivity index (χ1v) is 26.7. The normalized spacial score (nSPS) is 20.5. The first-order chi connectivity index (χ1) is 30.0. The van der Waals surface area contributed by atoms with Gasteiger partial charge in [0, 0.05) is 30.7 Å². The zero-order valence-corrected chi connectivity index (χ0v) is 40.8. The molecule has 0 radical (unpaired) electrons. The molecule has 2 amide bonds. The van der Waals surface area contributed by atoms with Gasteiger partial charge in [0.2, 0.25) is 16.9 Å². The van der Waals surface area contributed by atoms with Crippen LogP contribution in [0.25, 0.3) is 11.2 Å². The van der Waals surface area contributed by atoms with Gasteiger partial charge in [-0.3, -0.25) is 32.5 Å². The third-order valence-electron chi connectivity index (χ3n) is 9.46. The van der Waals surface area contributed by atoms with Gasteiger partial charge < -0.3 is 50.9 Å². The van der Waals surface area contributed by atoms with Gasteiger partial charge in [-0.15, -0.1) is 0 Å². The summed E-state index contributed by atoms with van der Waals surface area (Å²) in [5, 5.41) is 26.4. The van der Waals surface area contributed by atoms with Crippen molar-refractivity contribution in [1.82, 2.24) is 30.2 Å². The molecule has 1 fully saturated rings. The number of nitrogens with one attached hydrogen (secondary N) is 2. The summed E-state index contributed by atoms with van der Waals surface area (Å²) in [5.74, 6) is -1.14. The van der Waals surface area contributed by atoms with Crippen LogP contribution in [0.3, 0.4) is 0 Å². The van der Waals surface area contributed by atoms with E-state index in [4.69, 9.17) is 19.5 Å². The van der Waals surface area contributed by atoms with E-state index in [1.165, 1.54) is 39.5 Å². The Labute approximate surface area is 387 Å². The molecule has 64 heavy (non-hydrogen) atoms. The monoisotopic (exact) mass is 1100 g/mol. The van der Waals surface area contributed by atoms with E-state index in [0.717, 1.165) is 54.7 Å². The van der Waals surface area contributed by atoms with E-state index in [0.29, 0.717) is 17.7 Å². The van der Waals surface area contributed by atoms with Crippen LogP contribution in [0.5, 0.6) is 0 Å². The lowest BCUT2D eigenvalue weighted by Gasteiger charge is -2.30. The average molecular weight is 1100 g/mol. The van der Waals surface area contributed by atoms with Gasteiger partial charge in [-0.2, -0.15) is 4.31 Å². The first-order valence-electron chi connectivity index (χ1n) is 20.0. The Kier molecular flexibility index (Phi) is 23.1. The number of phosphoric acid groups is 3. The molecule has 0 bridgehead atoms. The molecule has 10 N–H and O–H groups in total. The fourth-order valence-electron chi connectivity index (χ4n) is 6.03. The van der Waals surface area contributed by atoms with Crippen molar-refractivity contribution in [2.75, 3.05) is 37.8 Å². The number of ether oxygens (including phenoxy) is 1. The van der Waals surface area contributed by atoms with Crippen LogP contribution in [0.1, 0.15) is 84.3 Å². The molecule has 3 heterocycles. The summed E-state index contributed by atoms with van der Waals surface area (Å²) < 4.78 is 64.4. The van der Waals surface area contributed by atoms with Gasteiger partial charge in [0.15, 0.2) is 17.7 Å². The van der Waals surface area contributed by atoms with Gasteiger partial charge in [-0.05, 0) is 35.3 Å². The molecule has 29 heteroatoms. The average Bonchev–Trinajstić information content (AvgIpc) is 3.78. The largest absolute Gasteiger partial charge is 0.481 e.